The number of nitrogens with one attached hydrogen (secondary N) is 1. The quantitative estimate of drug-likeness (QED) is 0.862. The molecule has 3 nitrogen and oxygen atoms in total. The van der Waals surface area contributed by atoms with E-state index in [0.29, 0.717) is 5.02 Å². The second-order valence-electron chi connectivity index (χ2n) is 3.51. The van der Waals surface area contributed by atoms with E-state index in [1.165, 1.54) is 0 Å². The van der Waals surface area contributed by atoms with Crippen LogP contribution < -0.4 is 5.32 Å². The second-order valence-corrected chi connectivity index (χ2v) is 3.94. The normalized spacial score (nSPS) is 10.1. The van der Waals surface area contributed by atoms with Crippen LogP contribution in [0.15, 0.2) is 24.3 Å². The lowest BCUT2D eigenvalue weighted by atomic mass is 10.2. The molecule has 0 radical (unpaired) electrons. The Morgan fingerprint density at radius 3 is 2.87 bits per heavy atom. The van der Waals surface area contributed by atoms with Gasteiger partial charge in [-0.3, -0.25) is 0 Å². The van der Waals surface area contributed by atoms with E-state index in [2.05, 4.69) is 5.32 Å². The van der Waals surface area contributed by atoms with E-state index in [4.69, 9.17) is 16.3 Å². The van der Waals surface area contributed by atoms with E-state index >= 15 is 0 Å². The fraction of sp³-hybridized carbons (Fsp3) is 0.364. The third-order valence-electron chi connectivity index (χ3n) is 1.67. The zero-order valence-corrected chi connectivity index (χ0v) is 9.54. The van der Waals surface area contributed by atoms with Crippen LogP contribution in [-0.4, -0.2) is 12.1 Å². The van der Waals surface area contributed by atoms with Crippen LogP contribution in [0.2, 0.25) is 5.02 Å². The van der Waals surface area contributed by atoms with Gasteiger partial charge in [0.05, 0.1) is 0 Å². The van der Waals surface area contributed by atoms with Gasteiger partial charge in [-0.05, 0) is 31.5 Å². The summed E-state index contributed by atoms with van der Waals surface area (Å²) in [5.41, 5.74) is 0.876. The summed E-state index contributed by atoms with van der Waals surface area (Å²) in [7, 11) is 0. The zero-order chi connectivity index (χ0) is 11.3. The number of hydrogen-bond acceptors (Lipinski definition) is 2. The molecule has 0 aliphatic rings. The van der Waals surface area contributed by atoms with E-state index < -0.39 is 6.09 Å². The van der Waals surface area contributed by atoms with Gasteiger partial charge in [-0.25, -0.2) is 4.79 Å². The van der Waals surface area contributed by atoms with Crippen molar-refractivity contribution in [2.75, 3.05) is 0 Å². The van der Waals surface area contributed by atoms with Gasteiger partial charge in [0.1, 0.15) is 6.61 Å². The summed E-state index contributed by atoms with van der Waals surface area (Å²) < 4.78 is 4.99. The monoisotopic (exact) mass is 227 g/mol. The summed E-state index contributed by atoms with van der Waals surface area (Å²) >= 11 is 5.79. The van der Waals surface area contributed by atoms with Crippen molar-refractivity contribution in [3.63, 3.8) is 0 Å². The number of alkyl carbamates (subject to hydrolysis) is 1. The van der Waals surface area contributed by atoms with Gasteiger partial charge in [0.25, 0.3) is 0 Å². The molecule has 0 atom stereocenters. The Labute approximate surface area is 94.4 Å². The predicted molar refractivity (Wildman–Crippen MR) is 59.9 cm³/mol. The van der Waals surface area contributed by atoms with Crippen molar-refractivity contribution in [3.8, 4) is 0 Å². The van der Waals surface area contributed by atoms with Crippen LogP contribution in [0.5, 0.6) is 0 Å². The van der Waals surface area contributed by atoms with Crippen LogP contribution in [0.3, 0.4) is 0 Å². The third-order valence-corrected chi connectivity index (χ3v) is 1.90. The van der Waals surface area contributed by atoms with E-state index in [9.17, 15) is 4.79 Å². The Bertz CT molecular complexity index is 339. The largest absolute Gasteiger partial charge is 0.445 e. The maximum absolute atomic E-state index is 11.1. The molecule has 1 aromatic rings. The molecule has 0 fully saturated rings. The summed E-state index contributed by atoms with van der Waals surface area (Å²) in [6.45, 7) is 3.99. The van der Waals surface area contributed by atoms with Crippen LogP contribution >= 0.6 is 11.6 Å². The first kappa shape index (κ1) is 11.9. The molecule has 0 aromatic heterocycles. The Hall–Kier alpha value is -1.22. The van der Waals surface area contributed by atoms with Gasteiger partial charge in [0.15, 0.2) is 0 Å². The average molecular weight is 228 g/mol. The molecule has 0 heterocycles. The molecule has 1 aromatic carbocycles. The van der Waals surface area contributed by atoms with E-state index in [1.807, 2.05) is 26.0 Å². The first-order valence-corrected chi connectivity index (χ1v) is 5.13. The molecule has 0 aliphatic heterocycles. The fourth-order valence-corrected chi connectivity index (χ4v) is 1.27. The summed E-state index contributed by atoms with van der Waals surface area (Å²) in [6, 6.07) is 7.30. The zero-order valence-electron chi connectivity index (χ0n) is 8.79. The Kier molecular flexibility index (Phi) is 4.43. The van der Waals surface area contributed by atoms with Gasteiger partial charge < -0.3 is 10.1 Å². The molecular formula is C11H14ClNO2. The molecular weight excluding hydrogens is 214 g/mol. The highest BCUT2D eigenvalue weighted by molar-refractivity contribution is 6.30. The van der Waals surface area contributed by atoms with Crippen molar-refractivity contribution >= 4 is 17.7 Å². The molecule has 15 heavy (non-hydrogen) atoms. The highest BCUT2D eigenvalue weighted by Gasteiger charge is 2.03. The second kappa shape index (κ2) is 5.61. The SMILES string of the molecule is CC(C)NC(=O)OCc1cccc(Cl)c1. The van der Waals surface area contributed by atoms with Crippen LogP contribution in [0.1, 0.15) is 19.4 Å². The van der Waals surface area contributed by atoms with Gasteiger partial charge in [0.2, 0.25) is 0 Å². The number of carbonyl (C=O) groups is 1. The molecule has 0 unspecified atom stereocenters. The Balaban J connectivity index is 2.40. The van der Waals surface area contributed by atoms with Crippen molar-refractivity contribution in [1.29, 1.82) is 0 Å². The molecule has 82 valence electrons. The molecule has 1 amide bonds. The third kappa shape index (κ3) is 4.70. The molecule has 0 aliphatic carbocycles. The number of amides is 1. The Morgan fingerprint density at radius 2 is 2.27 bits per heavy atom. The maximum Gasteiger partial charge on any atom is 0.407 e. The Morgan fingerprint density at radius 1 is 1.53 bits per heavy atom. The molecule has 0 saturated heterocycles. The van der Waals surface area contributed by atoms with Gasteiger partial charge in [-0.15, -0.1) is 0 Å². The molecule has 0 saturated carbocycles. The topological polar surface area (TPSA) is 38.3 Å². The molecule has 0 spiro atoms. The lowest BCUT2D eigenvalue weighted by molar-refractivity contribution is 0.137. The molecule has 1 rings (SSSR count). The van der Waals surface area contributed by atoms with Crippen molar-refractivity contribution in [2.24, 2.45) is 0 Å². The minimum atomic E-state index is -0.412. The summed E-state index contributed by atoms with van der Waals surface area (Å²) in [5, 5.41) is 3.27. The van der Waals surface area contributed by atoms with E-state index in [-0.39, 0.29) is 12.6 Å². The predicted octanol–water partition coefficient (Wildman–Crippen LogP) is 2.97. The van der Waals surface area contributed by atoms with Gasteiger partial charge in [-0.1, -0.05) is 23.7 Å². The van der Waals surface area contributed by atoms with Crippen LogP contribution in [0, 0.1) is 0 Å². The lowest BCUT2D eigenvalue weighted by Gasteiger charge is -2.09. The smallest absolute Gasteiger partial charge is 0.407 e. The molecule has 0 bridgehead atoms. The van der Waals surface area contributed by atoms with Crippen molar-refractivity contribution < 1.29 is 9.53 Å². The van der Waals surface area contributed by atoms with Crippen molar-refractivity contribution in [2.45, 2.75) is 26.5 Å². The van der Waals surface area contributed by atoms with Crippen LogP contribution in [-0.2, 0) is 11.3 Å². The number of carbonyl (C=O) groups excluding carboxylic acids is 1. The van der Waals surface area contributed by atoms with E-state index in [0.717, 1.165) is 5.56 Å². The minimum Gasteiger partial charge on any atom is -0.445 e. The number of benzene rings is 1. The van der Waals surface area contributed by atoms with Crippen LogP contribution in [0.25, 0.3) is 0 Å². The number of hydrogen-bond donors (Lipinski definition) is 1. The fourth-order valence-electron chi connectivity index (χ4n) is 1.05. The summed E-state index contributed by atoms with van der Waals surface area (Å²) in [5.74, 6) is 0. The standard InChI is InChI=1S/C11H14ClNO2/c1-8(2)13-11(14)15-7-9-4-3-5-10(12)6-9/h3-6,8H,7H2,1-2H3,(H,13,14). The summed E-state index contributed by atoms with van der Waals surface area (Å²) in [4.78, 5) is 11.1. The van der Waals surface area contributed by atoms with Crippen molar-refractivity contribution in [3.05, 3.63) is 34.9 Å². The number of halogens is 1. The highest BCUT2D eigenvalue weighted by atomic mass is 35.5. The molecule has 1 N–H and O–H groups in total. The number of ether oxygens (including phenoxy) is 1. The summed E-state index contributed by atoms with van der Waals surface area (Å²) in [6.07, 6.45) is -0.412. The van der Waals surface area contributed by atoms with Crippen LogP contribution in [0.4, 0.5) is 4.79 Å². The highest BCUT2D eigenvalue weighted by Crippen LogP contribution is 2.11. The first-order valence-electron chi connectivity index (χ1n) is 4.75. The first-order chi connectivity index (χ1) is 7.08. The van der Waals surface area contributed by atoms with Gasteiger partial charge in [0, 0.05) is 11.1 Å². The van der Waals surface area contributed by atoms with Gasteiger partial charge >= 0.3 is 6.09 Å². The minimum absolute atomic E-state index is 0.0804. The van der Waals surface area contributed by atoms with E-state index in [1.54, 1.807) is 12.1 Å². The average Bonchev–Trinajstić information content (AvgIpc) is 2.14. The molecule has 4 heteroatoms. The van der Waals surface area contributed by atoms with Crippen molar-refractivity contribution in [1.82, 2.24) is 5.32 Å². The lowest BCUT2D eigenvalue weighted by Crippen LogP contribution is -2.30. The number of rotatable bonds is 3. The van der Waals surface area contributed by atoms with Gasteiger partial charge in [-0.2, -0.15) is 0 Å². The maximum atomic E-state index is 11.1.